The predicted octanol–water partition coefficient (Wildman–Crippen LogP) is 2.35. The van der Waals surface area contributed by atoms with Crippen LogP contribution in [0.4, 0.5) is 0 Å². The van der Waals surface area contributed by atoms with Gasteiger partial charge in [-0.3, -0.25) is 4.79 Å². The SMILES string of the molecule is CCCN(C(=O)[C@H]1Cc2ccccc2CN1)C(C)C. The van der Waals surface area contributed by atoms with E-state index < -0.39 is 0 Å². The van der Waals surface area contributed by atoms with Gasteiger partial charge in [0.25, 0.3) is 0 Å². The van der Waals surface area contributed by atoms with Gasteiger partial charge in [-0.05, 0) is 37.8 Å². The first kappa shape index (κ1) is 14.1. The lowest BCUT2D eigenvalue weighted by atomic mass is 9.95. The third kappa shape index (κ3) is 3.16. The van der Waals surface area contributed by atoms with Crippen molar-refractivity contribution < 1.29 is 4.79 Å². The molecule has 3 nitrogen and oxygen atoms in total. The van der Waals surface area contributed by atoms with Gasteiger partial charge in [0.05, 0.1) is 6.04 Å². The highest BCUT2D eigenvalue weighted by Crippen LogP contribution is 2.18. The van der Waals surface area contributed by atoms with Crippen molar-refractivity contribution >= 4 is 5.91 Å². The smallest absolute Gasteiger partial charge is 0.240 e. The van der Waals surface area contributed by atoms with Crippen molar-refractivity contribution in [2.75, 3.05) is 6.54 Å². The minimum Gasteiger partial charge on any atom is -0.339 e. The summed E-state index contributed by atoms with van der Waals surface area (Å²) in [6, 6.07) is 8.58. The van der Waals surface area contributed by atoms with Crippen LogP contribution in [-0.2, 0) is 17.8 Å². The van der Waals surface area contributed by atoms with Crippen molar-refractivity contribution in [3.8, 4) is 0 Å². The quantitative estimate of drug-likeness (QED) is 0.901. The highest BCUT2D eigenvalue weighted by atomic mass is 16.2. The Bertz CT molecular complexity index is 442. The van der Waals surface area contributed by atoms with Crippen LogP contribution >= 0.6 is 0 Å². The second-order valence-corrected chi connectivity index (χ2v) is 5.53. The van der Waals surface area contributed by atoms with Crippen molar-refractivity contribution in [2.24, 2.45) is 0 Å². The molecule has 104 valence electrons. The summed E-state index contributed by atoms with van der Waals surface area (Å²) in [5, 5.41) is 3.38. The maximum atomic E-state index is 12.6. The van der Waals surface area contributed by atoms with Gasteiger partial charge < -0.3 is 10.2 Å². The van der Waals surface area contributed by atoms with E-state index in [4.69, 9.17) is 0 Å². The number of hydrogen-bond acceptors (Lipinski definition) is 2. The normalized spacial score (nSPS) is 18.2. The third-order valence-electron chi connectivity index (χ3n) is 3.75. The van der Waals surface area contributed by atoms with E-state index in [0.29, 0.717) is 0 Å². The molecule has 1 aromatic rings. The predicted molar refractivity (Wildman–Crippen MR) is 77.9 cm³/mol. The van der Waals surface area contributed by atoms with Crippen molar-refractivity contribution in [1.82, 2.24) is 10.2 Å². The van der Waals surface area contributed by atoms with Crippen molar-refractivity contribution in [2.45, 2.75) is 52.2 Å². The molecule has 0 spiro atoms. The Morgan fingerprint density at radius 2 is 2.05 bits per heavy atom. The van der Waals surface area contributed by atoms with Gasteiger partial charge in [0.1, 0.15) is 0 Å². The van der Waals surface area contributed by atoms with Gasteiger partial charge in [-0.15, -0.1) is 0 Å². The monoisotopic (exact) mass is 260 g/mol. The number of carbonyl (C=O) groups is 1. The molecule has 1 amide bonds. The molecule has 3 heteroatoms. The van der Waals surface area contributed by atoms with Crippen molar-refractivity contribution in [1.29, 1.82) is 0 Å². The van der Waals surface area contributed by atoms with Gasteiger partial charge in [-0.2, -0.15) is 0 Å². The molecule has 0 aliphatic carbocycles. The van der Waals surface area contributed by atoms with Crippen LogP contribution in [0.25, 0.3) is 0 Å². The fourth-order valence-corrected chi connectivity index (χ4v) is 2.69. The highest BCUT2D eigenvalue weighted by molar-refractivity contribution is 5.82. The van der Waals surface area contributed by atoms with Gasteiger partial charge in [0.15, 0.2) is 0 Å². The minimum absolute atomic E-state index is 0.0659. The van der Waals surface area contributed by atoms with Crippen molar-refractivity contribution in [3.05, 3.63) is 35.4 Å². The molecule has 19 heavy (non-hydrogen) atoms. The van der Waals surface area contributed by atoms with Crippen LogP contribution in [0, 0.1) is 0 Å². The topological polar surface area (TPSA) is 32.3 Å². The number of nitrogens with zero attached hydrogens (tertiary/aromatic N) is 1. The first-order valence-electron chi connectivity index (χ1n) is 7.24. The van der Waals surface area contributed by atoms with E-state index in [1.165, 1.54) is 11.1 Å². The van der Waals surface area contributed by atoms with E-state index >= 15 is 0 Å². The molecule has 0 saturated heterocycles. The first-order chi connectivity index (χ1) is 9.13. The number of hydrogen-bond donors (Lipinski definition) is 1. The molecule has 0 saturated carbocycles. The molecule has 0 fully saturated rings. The molecule has 0 unspecified atom stereocenters. The molecular weight excluding hydrogens is 236 g/mol. The van der Waals surface area contributed by atoms with E-state index in [2.05, 4.69) is 50.4 Å². The average Bonchev–Trinajstić information content (AvgIpc) is 2.43. The molecule has 0 aromatic heterocycles. The lowest BCUT2D eigenvalue weighted by molar-refractivity contribution is -0.135. The maximum absolute atomic E-state index is 12.6. The molecular formula is C16H24N2O. The summed E-state index contributed by atoms with van der Waals surface area (Å²) < 4.78 is 0. The number of amides is 1. The van der Waals surface area contributed by atoms with Crippen LogP contribution < -0.4 is 5.32 Å². The molecule has 1 aliphatic rings. The summed E-state index contributed by atoms with van der Waals surface area (Å²) in [5.74, 6) is 0.242. The summed E-state index contributed by atoms with van der Waals surface area (Å²) in [6.07, 6.45) is 1.81. The van der Waals surface area contributed by atoms with Gasteiger partial charge in [-0.25, -0.2) is 0 Å². The first-order valence-corrected chi connectivity index (χ1v) is 7.24. The Morgan fingerprint density at radius 3 is 2.68 bits per heavy atom. The van der Waals surface area contributed by atoms with Crippen molar-refractivity contribution in [3.63, 3.8) is 0 Å². The Morgan fingerprint density at radius 1 is 1.37 bits per heavy atom. The van der Waals surface area contributed by atoms with Crippen LogP contribution in [-0.4, -0.2) is 29.4 Å². The summed E-state index contributed by atoms with van der Waals surface area (Å²) in [6.45, 7) is 7.93. The number of rotatable bonds is 4. The van der Waals surface area contributed by atoms with Crippen LogP contribution in [0.15, 0.2) is 24.3 Å². The minimum atomic E-state index is -0.0659. The highest BCUT2D eigenvalue weighted by Gasteiger charge is 2.28. The second kappa shape index (κ2) is 6.20. The number of benzene rings is 1. The molecule has 2 rings (SSSR count). The zero-order valence-electron chi connectivity index (χ0n) is 12.1. The maximum Gasteiger partial charge on any atom is 0.240 e. The van der Waals surface area contributed by atoms with Gasteiger partial charge >= 0.3 is 0 Å². The molecule has 0 radical (unpaired) electrons. The van der Waals surface area contributed by atoms with E-state index in [0.717, 1.165) is 25.9 Å². The zero-order valence-corrected chi connectivity index (χ0v) is 12.1. The lowest BCUT2D eigenvalue weighted by Crippen LogP contribution is -2.51. The fraction of sp³-hybridized carbons (Fsp3) is 0.562. The zero-order chi connectivity index (χ0) is 13.8. The molecule has 1 N–H and O–H groups in total. The molecule has 1 aliphatic heterocycles. The largest absolute Gasteiger partial charge is 0.339 e. The van der Waals surface area contributed by atoms with Crippen LogP contribution in [0.1, 0.15) is 38.3 Å². The number of nitrogens with one attached hydrogen (secondary N) is 1. The number of fused-ring (bicyclic) bond motifs is 1. The van der Waals surface area contributed by atoms with Gasteiger partial charge in [0.2, 0.25) is 5.91 Å². The fourth-order valence-electron chi connectivity index (χ4n) is 2.69. The summed E-state index contributed by atoms with van der Waals surface area (Å²) in [4.78, 5) is 14.6. The Hall–Kier alpha value is -1.35. The summed E-state index contributed by atoms with van der Waals surface area (Å²) in [7, 11) is 0. The molecule has 0 bridgehead atoms. The van der Waals surface area contributed by atoms with E-state index in [1.54, 1.807) is 0 Å². The summed E-state index contributed by atoms with van der Waals surface area (Å²) >= 11 is 0. The number of carbonyl (C=O) groups excluding carboxylic acids is 1. The molecule has 1 heterocycles. The summed E-state index contributed by atoms with van der Waals surface area (Å²) in [5.41, 5.74) is 2.62. The van der Waals surface area contributed by atoms with Crippen LogP contribution in [0.2, 0.25) is 0 Å². The third-order valence-corrected chi connectivity index (χ3v) is 3.75. The van der Waals surface area contributed by atoms with Gasteiger partial charge in [-0.1, -0.05) is 31.2 Å². The lowest BCUT2D eigenvalue weighted by Gasteiger charge is -2.33. The average molecular weight is 260 g/mol. The standard InChI is InChI=1S/C16H24N2O/c1-4-9-18(12(2)3)16(19)15-10-13-7-5-6-8-14(13)11-17-15/h5-8,12,15,17H,4,9-11H2,1-3H3/t15-/m1/s1. The van der Waals surface area contributed by atoms with Crippen LogP contribution in [0.3, 0.4) is 0 Å². The Balaban J connectivity index is 2.09. The van der Waals surface area contributed by atoms with E-state index in [1.807, 2.05) is 4.90 Å². The van der Waals surface area contributed by atoms with Crippen LogP contribution in [0.5, 0.6) is 0 Å². The van der Waals surface area contributed by atoms with E-state index in [-0.39, 0.29) is 18.0 Å². The molecule has 1 atom stereocenters. The molecule has 1 aromatic carbocycles. The van der Waals surface area contributed by atoms with E-state index in [9.17, 15) is 4.79 Å². The van der Waals surface area contributed by atoms with Gasteiger partial charge in [0, 0.05) is 19.1 Å². The second-order valence-electron chi connectivity index (χ2n) is 5.53. The Kier molecular flexibility index (Phi) is 4.59. The Labute approximate surface area is 116 Å².